The van der Waals surface area contributed by atoms with Gasteiger partial charge < -0.3 is 20.9 Å². The molecule has 1 rings (SSSR count). The molecule has 0 amide bonds. The van der Waals surface area contributed by atoms with Crippen molar-refractivity contribution in [3.63, 3.8) is 0 Å². The highest BCUT2D eigenvalue weighted by molar-refractivity contribution is 14.0. The zero-order valence-electron chi connectivity index (χ0n) is 11.2. The zero-order chi connectivity index (χ0) is 15.2. The normalized spacial score (nSPS) is 13.3. The topological polar surface area (TPSA) is 79.9 Å². The summed E-state index contributed by atoms with van der Waals surface area (Å²) >= 11 is 0. The summed E-state index contributed by atoms with van der Waals surface area (Å²) in [5.74, 6) is -0.240. The number of halogens is 4. The van der Waals surface area contributed by atoms with Gasteiger partial charge in [-0.05, 0) is 30.7 Å². The Kier molecular flexibility index (Phi) is 8.40. The predicted octanol–water partition coefficient (Wildman–Crippen LogP) is 2.70. The van der Waals surface area contributed by atoms with Crippen molar-refractivity contribution in [2.45, 2.75) is 25.7 Å². The maximum absolute atomic E-state index is 12.0. The first-order chi connectivity index (χ1) is 9.34. The number of aliphatic imine (C=N–C) groups is 1. The number of nitrogens with one attached hydrogen (secondary N) is 1. The lowest BCUT2D eigenvalue weighted by Crippen LogP contribution is -2.26. The number of benzene rings is 1. The third kappa shape index (κ3) is 7.95. The van der Waals surface area contributed by atoms with Crippen LogP contribution in [0.4, 0.5) is 18.9 Å². The summed E-state index contributed by atoms with van der Waals surface area (Å²) in [6.07, 6.45) is -4.10. The number of ether oxygens (including phenoxy) is 1. The van der Waals surface area contributed by atoms with Crippen LogP contribution in [0.15, 0.2) is 29.3 Å². The standard InChI is InChI=1S/C12H16F3N3O2.HI/c1-2-8(7-19)17-11(16)18-9-3-5-10(6-4-9)20-12(13,14)15;/h3-6,8,19H,2,7H2,1H3,(H3,16,17,18);1H/t8-;/m1./s1. The van der Waals surface area contributed by atoms with Crippen LogP contribution in [-0.2, 0) is 0 Å². The Balaban J connectivity index is 0.00000400. The van der Waals surface area contributed by atoms with Gasteiger partial charge in [-0.2, -0.15) is 0 Å². The van der Waals surface area contributed by atoms with E-state index in [-0.39, 0.29) is 48.3 Å². The van der Waals surface area contributed by atoms with Gasteiger partial charge in [-0.25, -0.2) is 4.99 Å². The van der Waals surface area contributed by atoms with Crippen LogP contribution in [0, 0.1) is 0 Å². The number of hydrogen-bond acceptors (Lipinski definition) is 3. The van der Waals surface area contributed by atoms with Crippen LogP contribution in [-0.4, -0.2) is 30.1 Å². The lowest BCUT2D eigenvalue weighted by Gasteiger charge is -2.11. The first-order valence-electron chi connectivity index (χ1n) is 5.91. The molecule has 0 fully saturated rings. The van der Waals surface area contributed by atoms with Crippen LogP contribution in [0.2, 0.25) is 0 Å². The molecule has 5 nitrogen and oxygen atoms in total. The maximum Gasteiger partial charge on any atom is 0.573 e. The van der Waals surface area contributed by atoms with E-state index in [1.54, 1.807) is 0 Å². The summed E-state index contributed by atoms with van der Waals surface area (Å²) in [5, 5.41) is 11.7. The van der Waals surface area contributed by atoms with Crippen molar-refractivity contribution < 1.29 is 23.0 Å². The van der Waals surface area contributed by atoms with Gasteiger partial charge in [-0.3, -0.25) is 0 Å². The fraction of sp³-hybridized carbons (Fsp3) is 0.417. The zero-order valence-corrected chi connectivity index (χ0v) is 13.6. The maximum atomic E-state index is 12.0. The Hall–Kier alpha value is -1.23. The van der Waals surface area contributed by atoms with Crippen molar-refractivity contribution in [2.24, 2.45) is 10.7 Å². The smallest absolute Gasteiger partial charge is 0.406 e. The highest BCUT2D eigenvalue weighted by atomic mass is 127. The molecule has 1 aromatic carbocycles. The molecule has 0 spiro atoms. The number of nitrogens with zero attached hydrogens (tertiary/aromatic N) is 1. The second-order valence-corrected chi connectivity index (χ2v) is 3.96. The first-order valence-corrected chi connectivity index (χ1v) is 5.91. The van der Waals surface area contributed by atoms with Gasteiger partial charge in [0.05, 0.1) is 12.6 Å². The molecule has 0 saturated carbocycles. The number of guanidine groups is 1. The van der Waals surface area contributed by atoms with Crippen molar-refractivity contribution in [1.82, 2.24) is 0 Å². The van der Waals surface area contributed by atoms with Crippen molar-refractivity contribution in [3.05, 3.63) is 24.3 Å². The summed E-state index contributed by atoms with van der Waals surface area (Å²) in [5.41, 5.74) is 6.08. The molecular formula is C12H17F3IN3O2. The van der Waals surface area contributed by atoms with Crippen molar-refractivity contribution >= 4 is 35.6 Å². The van der Waals surface area contributed by atoms with Gasteiger partial charge in [0, 0.05) is 5.69 Å². The van der Waals surface area contributed by atoms with E-state index in [9.17, 15) is 13.2 Å². The Bertz CT molecular complexity index is 448. The van der Waals surface area contributed by atoms with Gasteiger partial charge in [0.2, 0.25) is 0 Å². The molecule has 21 heavy (non-hydrogen) atoms. The lowest BCUT2D eigenvalue weighted by molar-refractivity contribution is -0.274. The van der Waals surface area contributed by atoms with Crippen LogP contribution >= 0.6 is 24.0 Å². The summed E-state index contributed by atoms with van der Waals surface area (Å²) in [4.78, 5) is 4.01. The number of aliphatic hydroxyl groups excluding tert-OH is 1. The summed E-state index contributed by atoms with van der Waals surface area (Å²) in [6.45, 7) is 1.72. The molecule has 0 aliphatic rings. The highest BCUT2D eigenvalue weighted by Gasteiger charge is 2.30. The van der Waals surface area contributed by atoms with Crippen LogP contribution in [0.3, 0.4) is 0 Å². The van der Waals surface area contributed by atoms with Crippen molar-refractivity contribution in [3.8, 4) is 5.75 Å². The summed E-state index contributed by atoms with van der Waals surface area (Å²) in [7, 11) is 0. The Morgan fingerprint density at radius 1 is 1.38 bits per heavy atom. The molecule has 9 heteroatoms. The number of anilines is 1. The number of aliphatic hydroxyl groups is 1. The molecule has 0 saturated heterocycles. The molecule has 0 aromatic heterocycles. The molecule has 0 unspecified atom stereocenters. The predicted molar refractivity (Wildman–Crippen MR) is 84.9 cm³/mol. The molecule has 0 radical (unpaired) electrons. The van der Waals surface area contributed by atoms with E-state index in [1.165, 1.54) is 12.1 Å². The Morgan fingerprint density at radius 2 is 1.95 bits per heavy atom. The van der Waals surface area contributed by atoms with Crippen molar-refractivity contribution in [1.29, 1.82) is 0 Å². The highest BCUT2D eigenvalue weighted by Crippen LogP contribution is 2.23. The van der Waals surface area contributed by atoms with E-state index in [1.807, 2.05) is 6.92 Å². The largest absolute Gasteiger partial charge is 0.573 e. The molecule has 1 atom stereocenters. The van der Waals surface area contributed by atoms with Gasteiger partial charge in [-0.1, -0.05) is 6.92 Å². The minimum absolute atomic E-state index is 0. The minimum Gasteiger partial charge on any atom is -0.406 e. The third-order valence-electron chi connectivity index (χ3n) is 2.36. The third-order valence-corrected chi connectivity index (χ3v) is 2.36. The molecule has 0 aliphatic heterocycles. The SMILES string of the molecule is CC[C@H](CO)N=C(N)Nc1ccc(OC(F)(F)F)cc1.I. The average Bonchev–Trinajstić information content (AvgIpc) is 2.36. The number of nitrogens with two attached hydrogens (primary N) is 1. The molecule has 4 N–H and O–H groups in total. The first kappa shape index (κ1) is 19.8. The van der Waals surface area contributed by atoms with E-state index >= 15 is 0 Å². The van der Waals surface area contributed by atoms with Gasteiger partial charge in [0.1, 0.15) is 5.75 Å². The second kappa shape index (κ2) is 8.93. The van der Waals surface area contributed by atoms with Gasteiger partial charge in [0.15, 0.2) is 5.96 Å². The Morgan fingerprint density at radius 3 is 2.38 bits per heavy atom. The number of alkyl halides is 3. The van der Waals surface area contributed by atoms with Gasteiger partial charge >= 0.3 is 6.36 Å². The lowest BCUT2D eigenvalue weighted by atomic mass is 10.2. The van der Waals surface area contributed by atoms with Crippen LogP contribution in [0.1, 0.15) is 13.3 Å². The number of rotatable bonds is 5. The van der Waals surface area contributed by atoms with E-state index in [0.717, 1.165) is 12.1 Å². The van der Waals surface area contributed by atoms with Crippen LogP contribution in [0.5, 0.6) is 5.75 Å². The van der Waals surface area contributed by atoms with E-state index < -0.39 is 6.36 Å². The van der Waals surface area contributed by atoms with Gasteiger partial charge in [-0.15, -0.1) is 37.1 Å². The average molecular weight is 419 g/mol. The molecular weight excluding hydrogens is 402 g/mol. The van der Waals surface area contributed by atoms with Crippen LogP contribution in [0.25, 0.3) is 0 Å². The molecule has 120 valence electrons. The summed E-state index contributed by atoms with van der Waals surface area (Å²) < 4.78 is 39.7. The van der Waals surface area contributed by atoms with E-state index in [0.29, 0.717) is 12.1 Å². The second-order valence-electron chi connectivity index (χ2n) is 3.96. The Labute approximate surface area is 137 Å². The van der Waals surface area contributed by atoms with Crippen LogP contribution < -0.4 is 15.8 Å². The quantitative estimate of drug-likeness (QED) is 0.390. The fourth-order valence-electron chi connectivity index (χ4n) is 1.38. The van der Waals surface area contributed by atoms with Gasteiger partial charge in [0.25, 0.3) is 0 Å². The monoisotopic (exact) mass is 419 g/mol. The molecule has 0 bridgehead atoms. The minimum atomic E-state index is -4.72. The van der Waals surface area contributed by atoms with E-state index in [4.69, 9.17) is 10.8 Å². The molecule has 0 aliphatic carbocycles. The van der Waals surface area contributed by atoms with E-state index in [2.05, 4.69) is 15.0 Å². The number of hydrogen-bond donors (Lipinski definition) is 3. The van der Waals surface area contributed by atoms with Crippen molar-refractivity contribution in [2.75, 3.05) is 11.9 Å². The molecule has 1 aromatic rings. The fourth-order valence-corrected chi connectivity index (χ4v) is 1.38. The molecule has 0 heterocycles. The summed E-state index contributed by atoms with van der Waals surface area (Å²) in [6, 6.07) is 4.77.